The first-order valence-corrected chi connectivity index (χ1v) is 7.82. The lowest BCUT2D eigenvalue weighted by atomic mass is 10.2. The van der Waals surface area contributed by atoms with Crippen molar-refractivity contribution in [2.75, 3.05) is 5.32 Å². The van der Waals surface area contributed by atoms with Crippen LogP contribution in [0, 0.1) is 5.82 Å². The van der Waals surface area contributed by atoms with E-state index in [0.29, 0.717) is 6.54 Å². The number of hydrogen-bond acceptors (Lipinski definition) is 4. The molecule has 0 saturated carbocycles. The molecule has 6 nitrogen and oxygen atoms in total. The van der Waals surface area contributed by atoms with Crippen LogP contribution in [0.15, 0.2) is 67.1 Å². The van der Waals surface area contributed by atoms with Gasteiger partial charge < -0.3 is 10.6 Å². The maximum Gasteiger partial charge on any atom is 0.274 e. The van der Waals surface area contributed by atoms with E-state index in [-0.39, 0.29) is 22.9 Å². The van der Waals surface area contributed by atoms with E-state index in [1.165, 1.54) is 36.5 Å². The van der Waals surface area contributed by atoms with Crippen molar-refractivity contribution in [3.05, 3.63) is 89.8 Å². The smallest absolute Gasteiger partial charge is 0.274 e. The fourth-order valence-corrected chi connectivity index (χ4v) is 2.23. The first-order chi connectivity index (χ1) is 12.6. The second-order valence-electron chi connectivity index (χ2n) is 5.41. The van der Waals surface area contributed by atoms with Crippen LogP contribution < -0.4 is 10.6 Å². The number of halogens is 1. The number of pyridine rings is 2. The summed E-state index contributed by atoms with van der Waals surface area (Å²) in [4.78, 5) is 32.4. The first-order valence-electron chi connectivity index (χ1n) is 7.82. The molecule has 2 aromatic heterocycles. The average molecular weight is 350 g/mol. The van der Waals surface area contributed by atoms with Crippen LogP contribution in [0.5, 0.6) is 0 Å². The molecule has 2 N–H and O–H groups in total. The molecule has 0 fully saturated rings. The lowest BCUT2D eigenvalue weighted by Crippen LogP contribution is -2.24. The Hall–Kier alpha value is -3.61. The largest absolute Gasteiger partial charge is 0.348 e. The summed E-state index contributed by atoms with van der Waals surface area (Å²) in [6, 6.07) is 12.3. The zero-order valence-electron chi connectivity index (χ0n) is 13.6. The number of carbonyl (C=O) groups excluding carboxylic acids is 2. The van der Waals surface area contributed by atoms with Gasteiger partial charge in [0.05, 0.1) is 5.69 Å². The molecule has 130 valence electrons. The van der Waals surface area contributed by atoms with Gasteiger partial charge in [-0.05, 0) is 35.9 Å². The van der Waals surface area contributed by atoms with E-state index in [1.807, 2.05) is 6.07 Å². The summed E-state index contributed by atoms with van der Waals surface area (Å²) >= 11 is 0. The van der Waals surface area contributed by atoms with E-state index in [2.05, 4.69) is 20.6 Å². The lowest BCUT2D eigenvalue weighted by Gasteiger charge is -2.08. The van der Waals surface area contributed by atoms with Gasteiger partial charge in [-0.25, -0.2) is 4.39 Å². The fourth-order valence-electron chi connectivity index (χ4n) is 2.23. The van der Waals surface area contributed by atoms with Crippen molar-refractivity contribution >= 4 is 17.5 Å². The van der Waals surface area contributed by atoms with Crippen LogP contribution in [0.4, 0.5) is 10.1 Å². The SMILES string of the molecule is O=C(NCc1cccnc1)c1ccnc(C(=O)Nc2ccccc2F)c1. The molecule has 0 atom stereocenters. The summed E-state index contributed by atoms with van der Waals surface area (Å²) < 4.78 is 13.6. The molecule has 0 aliphatic rings. The van der Waals surface area contributed by atoms with Crippen molar-refractivity contribution in [2.24, 2.45) is 0 Å². The van der Waals surface area contributed by atoms with Gasteiger partial charge in [-0.3, -0.25) is 19.6 Å². The van der Waals surface area contributed by atoms with Crippen molar-refractivity contribution in [1.29, 1.82) is 0 Å². The Balaban J connectivity index is 1.68. The van der Waals surface area contributed by atoms with E-state index < -0.39 is 11.7 Å². The molecule has 3 rings (SSSR count). The number of amides is 2. The van der Waals surface area contributed by atoms with E-state index in [4.69, 9.17) is 0 Å². The Morgan fingerprint density at radius 2 is 1.85 bits per heavy atom. The van der Waals surface area contributed by atoms with Crippen LogP contribution in [0.25, 0.3) is 0 Å². The highest BCUT2D eigenvalue weighted by Gasteiger charge is 2.13. The summed E-state index contributed by atoms with van der Waals surface area (Å²) in [6.07, 6.45) is 4.66. The minimum absolute atomic E-state index is 0.0160. The van der Waals surface area contributed by atoms with E-state index in [9.17, 15) is 14.0 Å². The topological polar surface area (TPSA) is 84.0 Å². The van der Waals surface area contributed by atoms with Gasteiger partial charge in [0.1, 0.15) is 11.5 Å². The minimum atomic E-state index is -0.600. The van der Waals surface area contributed by atoms with Crippen molar-refractivity contribution in [3.63, 3.8) is 0 Å². The molecule has 0 bridgehead atoms. The predicted molar refractivity (Wildman–Crippen MR) is 94.0 cm³/mol. The van der Waals surface area contributed by atoms with Crippen LogP contribution >= 0.6 is 0 Å². The molecule has 0 saturated heterocycles. The summed E-state index contributed by atoms with van der Waals surface area (Å²) in [6.45, 7) is 0.311. The third-order valence-electron chi connectivity index (χ3n) is 3.55. The van der Waals surface area contributed by atoms with Gasteiger partial charge >= 0.3 is 0 Å². The lowest BCUT2D eigenvalue weighted by molar-refractivity contribution is 0.0950. The number of anilines is 1. The number of nitrogens with zero attached hydrogens (tertiary/aromatic N) is 2. The summed E-state index contributed by atoms with van der Waals surface area (Å²) in [5, 5.41) is 5.18. The van der Waals surface area contributed by atoms with Gasteiger partial charge in [0.25, 0.3) is 11.8 Å². The zero-order chi connectivity index (χ0) is 18.4. The molecule has 3 aromatic rings. The third kappa shape index (κ3) is 4.27. The van der Waals surface area contributed by atoms with Crippen molar-refractivity contribution < 1.29 is 14.0 Å². The number of rotatable bonds is 5. The predicted octanol–water partition coefficient (Wildman–Crippen LogP) is 2.80. The number of para-hydroxylation sites is 1. The quantitative estimate of drug-likeness (QED) is 0.741. The van der Waals surface area contributed by atoms with Crippen LogP contribution in [0.3, 0.4) is 0 Å². The van der Waals surface area contributed by atoms with Crippen LogP contribution in [0.2, 0.25) is 0 Å². The third-order valence-corrected chi connectivity index (χ3v) is 3.55. The zero-order valence-corrected chi connectivity index (χ0v) is 13.6. The second-order valence-corrected chi connectivity index (χ2v) is 5.41. The molecule has 0 spiro atoms. The molecule has 0 aliphatic heterocycles. The number of benzene rings is 1. The molecular weight excluding hydrogens is 335 g/mol. The molecular formula is C19H15FN4O2. The van der Waals surface area contributed by atoms with Crippen LogP contribution in [-0.4, -0.2) is 21.8 Å². The maximum absolute atomic E-state index is 13.6. The van der Waals surface area contributed by atoms with Crippen molar-refractivity contribution in [3.8, 4) is 0 Å². The summed E-state index contributed by atoms with van der Waals surface area (Å²) in [7, 11) is 0. The van der Waals surface area contributed by atoms with Gasteiger partial charge in [0.15, 0.2) is 0 Å². The molecule has 0 radical (unpaired) electrons. The number of carbonyl (C=O) groups is 2. The highest BCUT2D eigenvalue weighted by atomic mass is 19.1. The summed E-state index contributed by atoms with van der Waals surface area (Å²) in [5.41, 5.74) is 1.20. The standard InChI is InChI=1S/C19H15FN4O2/c20-15-5-1-2-6-16(15)24-19(26)17-10-14(7-9-22-17)18(25)23-12-13-4-3-8-21-11-13/h1-11H,12H2,(H,23,25)(H,24,26). The van der Waals surface area contributed by atoms with Crippen molar-refractivity contribution in [1.82, 2.24) is 15.3 Å². The van der Waals surface area contributed by atoms with E-state index in [0.717, 1.165) is 5.56 Å². The molecule has 2 heterocycles. The first kappa shape index (κ1) is 17.2. The normalized spacial score (nSPS) is 10.2. The van der Waals surface area contributed by atoms with E-state index in [1.54, 1.807) is 24.5 Å². The molecule has 26 heavy (non-hydrogen) atoms. The van der Waals surface area contributed by atoms with Gasteiger partial charge in [-0.15, -0.1) is 0 Å². The fraction of sp³-hybridized carbons (Fsp3) is 0.0526. The Kier molecular flexibility index (Phi) is 5.28. The van der Waals surface area contributed by atoms with Crippen LogP contribution in [0.1, 0.15) is 26.4 Å². The molecule has 1 aromatic carbocycles. The molecule has 0 aliphatic carbocycles. The monoisotopic (exact) mass is 350 g/mol. The second kappa shape index (κ2) is 7.98. The number of aromatic nitrogens is 2. The Morgan fingerprint density at radius 1 is 1.00 bits per heavy atom. The molecule has 2 amide bonds. The summed E-state index contributed by atoms with van der Waals surface area (Å²) in [5.74, 6) is -1.50. The maximum atomic E-state index is 13.6. The number of hydrogen-bond donors (Lipinski definition) is 2. The van der Waals surface area contributed by atoms with Gasteiger partial charge in [-0.2, -0.15) is 0 Å². The minimum Gasteiger partial charge on any atom is -0.348 e. The Bertz CT molecular complexity index is 932. The van der Waals surface area contributed by atoms with E-state index >= 15 is 0 Å². The Morgan fingerprint density at radius 3 is 2.62 bits per heavy atom. The molecule has 7 heteroatoms. The highest BCUT2D eigenvalue weighted by Crippen LogP contribution is 2.14. The van der Waals surface area contributed by atoms with Gasteiger partial charge in [0.2, 0.25) is 0 Å². The highest BCUT2D eigenvalue weighted by molar-refractivity contribution is 6.04. The van der Waals surface area contributed by atoms with Gasteiger partial charge in [0, 0.05) is 30.7 Å². The molecule has 0 unspecified atom stereocenters. The number of nitrogens with one attached hydrogen (secondary N) is 2. The Labute approximate surface area is 149 Å². The van der Waals surface area contributed by atoms with Gasteiger partial charge in [-0.1, -0.05) is 18.2 Å². The average Bonchev–Trinajstić information content (AvgIpc) is 2.69. The van der Waals surface area contributed by atoms with Crippen molar-refractivity contribution in [2.45, 2.75) is 6.54 Å². The van der Waals surface area contributed by atoms with Crippen LogP contribution in [-0.2, 0) is 6.54 Å².